The van der Waals surface area contributed by atoms with Crippen LogP contribution in [-0.4, -0.2) is 37.2 Å². The predicted molar refractivity (Wildman–Crippen MR) is 266 cm³/mol. The zero-order valence-electron chi connectivity index (χ0n) is 42.5. The summed E-state index contributed by atoms with van der Waals surface area (Å²) < 4.78 is 16.9. The number of carbonyl (C=O) groups is 3. The van der Waals surface area contributed by atoms with Crippen LogP contribution in [0.5, 0.6) is 0 Å². The second-order valence-electron chi connectivity index (χ2n) is 20.2. The third-order valence-electron chi connectivity index (χ3n) is 12.7. The zero-order valence-corrected chi connectivity index (χ0v) is 42.5. The van der Waals surface area contributed by atoms with Crippen LogP contribution in [0.3, 0.4) is 0 Å². The molecule has 62 heavy (non-hydrogen) atoms. The zero-order chi connectivity index (χ0) is 45.4. The molecule has 0 aliphatic heterocycles. The van der Waals surface area contributed by atoms with Gasteiger partial charge in [-0.15, -0.1) is 0 Å². The molecule has 0 aromatic heterocycles. The van der Waals surface area contributed by atoms with Crippen molar-refractivity contribution in [1.29, 1.82) is 0 Å². The predicted octanol–water partition coefficient (Wildman–Crippen LogP) is 18.1. The third-order valence-corrected chi connectivity index (χ3v) is 12.7. The highest BCUT2D eigenvalue weighted by Crippen LogP contribution is 2.18. The molecule has 0 radical (unpaired) electrons. The minimum absolute atomic E-state index is 0.0630. The first-order chi connectivity index (χ1) is 30.2. The second-order valence-corrected chi connectivity index (χ2v) is 20.2. The molecular weight excluding hydrogens is 769 g/mol. The summed E-state index contributed by atoms with van der Waals surface area (Å²) in [6.45, 7) is 11.4. The Morgan fingerprint density at radius 3 is 0.790 bits per heavy atom. The van der Waals surface area contributed by atoms with Crippen LogP contribution in [0.25, 0.3) is 0 Å². The van der Waals surface area contributed by atoms with Crippen molar-refractivity contribution in [2.75, 3.05) is 13.2 Å². The Morgan fingerprint density at radius 2 is 0.532 bits per heavy atom. The summed E-state index contributed by atoms with van der Waals surface area (Å²) in [7, 11) is 0. The van der Waals surface area contributed by atoms with E-state index in [4.69, 9.17) is 14.2 Å². The van der Waals surface area contributed by atoms with E-state index in [2.05, 4.69) is 34.6 Å². The Balaban J connectivity index is 4.27. The first-order valence-electron chi connectivity index (χ1n) is 27.7. The molecule has 0 aliphatic rings. The van der Waals surface area contributed by atoms with E-state index in [0.717, 1.165) is 69.6 Å². The molecule has 0 aromatic carbocycles. The average Bonchev–Trinajstić information content (AvgIpc) is 3.24. The van der Waals surface area contributed by atoms with Crippen LogP contribution in [0.1, 0.15) is 311 Å². The van der Waals surface area contributed by atoms with Gasteiger partial charge in [-0.05, 0) is 31.1 Å². The van der Waals surface area contributed by atoms with Crippen LogP contribution in [-0.2, 0) is 28.6 Å². The van der Waals surface area contributed by atoms with Crippen molar-refractivity contribution in [1.82, 2.24) is 0 Å². The highest BCUT2D eigenvalue weighted by molar-refractivity contribution is 5.71. The van der Waals surface area contributed by atoms with Gasteiger partial charge in [-0.3, -0.25) is 14.4 Å². The maximum atomic E-state index is 12.8. The quantitative estimate of drug-likeness (QED) is 0.0344. The van der Waals surface area contributed by atoms with E-state index in [9.17, 15) is 14.4 Å². The van der Waals surface area contributed by atoms with Gasteiger partial charge in [-0.1, -0.05) is 272 Å². The largest absolute Gasteiger partial charge is 0.462 e. The second kappa shape index (κ2) is 48.9. The molecule has 0 bridgehead atoms. The molecule has 0 rings (SSSR count). The van der Waals surface area contributed by atoms with Crippen LogP contribution in [0.2, 0.25) is 0 Å². The number of rotatable bonds is 50. The van der Waals surface area contributed by atoms with Crippen molar-refractivity contribution >= 4 is 17.9 Å². The number of ether oxygens (including phenoxy) is 3. The smallest absolute Gasteiger partial charge is 0.306 e. The summed E-state index contributed by atoms with van der Waals surface area (Å²) in [6, 6.07) is 0. The fraction of sp³-hybridized carbons (Fsp3) is 0.946. The molecule has 0 saturated carbocycles. The minimum atomic E-state index is -0.762. The van der Waals surface area contributed by atoms with E-state index in [1.807, 2.05) is 0 Å². The number of unbranched alkanes of at least 4 members (excludes halogenated alkanes) is 35. The van der Waals surface area contributed by atoms with Gasteiger partial charge in [0.1, 0.15) is 13.2 Å². The Labute approximate surface area is 387 Å². The van der Waals surface area contributed by atoms with Gasteiger partial charge in [0.15, 0.2) is 6.10 Å². The van der Waals surface area contributed by atoms with Crippen LogP contribution < -0.4 is 0 Å². The van der Waals surface area contributed by atoms with Crippen molar-refractivity contribution in [3.05, 3.63) is 0 Å². The van der Waals surface area contributed by atoms with Gasteiger partial charge in [0.05, 0.1) is 0 Å². The summed E-state index contributed by atoms with van der Waals surface area (Å²) in [5, 5.41) is 0. The Morgan fingerprint density at radius 1 is 0.306 bits per heavy atom. The first-order valence-corrected chi connectivity index (χ1v) is 27.7. The van der Waals surface area contributed by atoms with Crippen LogP contribution in [0.4, 0.5) is 0 Å². The lowest BCUT2D eigenvalue weighted by atomic mass is 10.0. The maximum absolute atomic E-state index is 12.8. The summed E-state index contributed by atoms with van der Waals surface area (Å²) >= 11 is 0. The van der Waals surface area contributed by atoms with Gasteiger partial charge in [-0.2, -0.15) is 0 Å². The maximum Gasteiger partial charge on any atom is 0.306 e. The van der Waals surface area contributed by atoms with Gasteiger partial charge < -0.3 is 14.2 Å². The van der Waals surface area contributed by atoms with E-state index < -0.39 is 6.10 Å². The topological polar surface area (TPSA) is 78.9 Å². The molecule has 0 heterocycles. The van der Waals surface area contributed by atoms with Gasteiger partial charge in [0.2, 0.25) is 0 Å². The van der Waals surface area contributed by atoms with E-state index >= 15 is 0 Å². The lowest BCUT2D eigenvalue weighted by Gasteiger charge is -2.18. The number of carbonyl (C=O) groups excluding carboxylic acids is 3. The molecular formula is C56H108O6. The third kappa shape index (κ3) is 49.4. The highest BCUT2D eigenvalue weighted by Gasteiger charge is 2.19. The van der Waals surface area contributed by atoms with Crippen LogP contribution in [0.15, 0.2) is 0 Å². The lowest BCUT2D eigenvalue weighted by molar-refractivity contribution is -0.167. The van der Waals surface area contributed by atoms with E-state index in [0.29, 0.717) is 19.3 Å². The van der Waals surface area contributed by atoms with Gasteiger partial charge >= 0.3 is 17.9 Å². The Bertz CT molecular complexity index is 947. The Kier molecular flexibility index (Phi) is 47.6. The SMILES string of the molecule is CCCCCCCCCCCCCCC(=O)O[C@H](COC(=O)CCCCCCCCCCCCCCCCCC(C)C)COC(=O)CCCCCCCCCCCCCC(C)C. The molecule has 6 heteroatoms. The monoisotopic (exact) mass is 877 g/mol. The fourth-order valence-electron chi connectivity index (χ4n) is 8.52. The van der Waals surface area contributed by atoms with Crippen LogP contribution in [0, 0.1) is 11.8 Å². The number of hydrogen-bond acceptors (Lipinski definition) is 6. The van der Waals surface area contributed by atoms with E-state index in [-0.39, 0.29) is 31.1 Å². The molecule has 0 aromatic rings. The molecule has 0 aliphatic carbocycles. The van der Waals surface area contributed by atoms with Crippen molar-refractivity contribution in [2.45, 2.75) is 317 Å². The number of hydrogen-bond donors (Lipinski definition) is 0. The molecule has 1 atom stereocenters. The summed E-state index contributed by atoms with van der Waals surface area (Å²) in [4.78, 5) is 38.0. The molecule has 6 nitrogen and oxygen atoms in total. The van der Waals surface area contributed by atoms with E-state index in [1.165, 1.54) is 199 Å². The minimum Gasteiger partial charge on any atom is -0.462 e. The standard InChI is InChI=1S/C56H108O6/c1-6-7-8-9-10-11-12-21-28-33-38-43-48-56(59)62-53(50-61-55(58)47-42-37-32-27-23-18-20-25-30-35-40-45-52(4)5)49-60-54(57)46-41-36-31-26-22-17-15-13-14-16-19-24-29-34-39-44-51(2)3/h51-53H,6-50H2,1-5H3/t53-/m1/s1. The van der Waals surface area contributed by atoms with Crippen molar-refractivity contribution in [2.24, 2.45) is 11.8 Å². The Hall–Kier alpha value is -1.59. The molecule has 0 N–H and O–H groups in total. The van der Waals surface area contributed by atoms with Gasteiger partial charge in [0.25, 0.3) is 0 Å². The van der Waals surface area contributed by atoms with Gasteiger partial charge in [-0.25, -0.2) is 0 Å². The normalized spacial score (nSPS) is 12.0. The molecule has 0 fully saturated rings. The summed E-state index contributed by atoms with van der Waals surface area (Å²) in [6.07, 6.45) is 50.9. The lowest BCUT2D eigenvalue weighted by Crippen LogP contribution is -2.30. The summed E-state index contributed by atoms with van der Waals surface area (Å²) in [5.74, 6) is 0.833. The average molecular weight is 877 g/mol. The van der Waals surface area contributed by atoms with Crippen molar-refractivity contribution in [3.8, 4) is 0 Å². The summed E-state index contributed by atoms with van der Waals surface area (Å²) in [5.41, 5.74) is 0. The van der Waals surface area contributed by atoms with E-state index in [1.54, 1.807) is 0 Å². The van der Waals surface area contributed by atoms with Crippen LogP contribution >= 0.6 is 0 Å². The molecule has 0 amide bonds. The fourth-order valence-corrected chi connectivity index (χ4v) is 8.52. The molecule has 0 saturated heterocycles. The first kappa shape index (κ1) is 60.4. The number of esters is 3. The molecule has 0 unspecified atom stereocenters. The molecule has 368 valence electrons. The van der Waals surface area contributed by atoms with Crippen molar-refractivity contribution < 1.29 is 28.6 Å². The van der Waals surface area contributed by atoms with Gasteiger partial charge in [0, 0.05) is 19.3 Å². The molecule has 0 spiro atoms. The highest BCUT2D eigenvalue weighted by atomic mass is 16.6. The van der Waals surface area contributed by atoms with Crippen molar-refractivity contribution in [3.63, 3.8) is 0 Å².